The maximum absolute atomic E-state index is 6.73. The summed E-state index contributed by atoms with van der Waals surface area (Å²) in [6.45, 7) is 20.5. The highest BCUT2D eigenvalue weighted by Crippen LogP contribution is 2.57. The second-order valence-electron chi connectivity index (χ2n) is 10.0. The predicted octanol–water partition coefficient (Wildman–Crippen LogP) is 7.97. The summed E-state index contributed by atoms with van der Waals surface area (Å²) in [6.07, 6.45) is 4.27. The maximum Gasteiger partial charge on any atom is 0.123 e. The maximum atomic E-state index is 6.73. The van der Waals surface area contributed by atoms with E-state index in [4.69, 9.17) is 16.3 Å². The lowest BCUT2D eigenvalue weighted by atomic mass is 9.86. The van der Waals surface area contributed by atoms with Crippen molar-refractivity contribution in [1.29, 1.82) is 0 Å². The highest BCUT2D eigenvalue weighted by molar-refractivity contribution is 8.05. The van der Waals surface area contributed by atoms with Gasteiger partial charge in [0.1, 0.15) is 20.4 Å². The molecule has 0 bridgehead atoms. The van der Waals surface area contributed by atoms with Gasteiger partial charge in [0, 0.05) is 36.1 Å². The van der Waals surface area contributed by atoms with Gasteiger partial charge in [-0.05, 0) is 53.4 Å². The van der Waals surface area contributed by atoms with E-state index < -0.39 is 8.07 Å². The van der Waals surface area contributed by atoms with Crippen LogP contribution < -0.4 is 9.92 Å². The van der Waals surface area contributed by atoms with Gasteiger partial charge in [0.2, 0.25) is 0 Å². The molecule has 0 saturated carbocycles. The molecule has 1 atom stereocenters. The van der Waals surface area contributed by atoms with Crippen molar-refractivity contribution in [3.63, 3.8) is 0 Å². The summed E-state index contributed by atoms with van der Waals surface area (Å²) in [5, 5.41) is 4.14. The van der Waals surface area contributed by atoms with Gasteiger partial charge in [-0.2, -0.15) is 0 Å². The Morgan fingerprint density at radius 2 is 1.94 bits per heavy atom. The minimum absolute atomic E-state index is 0.0690. The molecule has 4 rings (SSSR count). The first kappa shape index (κ1) is 23.0. The number of fused-ring (bicyclic) bond motifs is 3. The Hall–Kier alpha value is -1.20. The number of thioether (sulfide) groups is 1. The van der Waals surface area contributed by atoms with Crippen LogP contribution in [0, 0.1) is 6.92 Å². The van der Waals surface area contributed by atoms with Crippen LogP contribution in [0.3, 0.4) is 0 Å². The Morgan fingerprint density at radius 3 is 2.58 bits per heavy atom. The third kappa shape index (κ3) is 3.90. The van der Waals surface area contributed by atoms with Crippen LogP contribution in [0.25, 0.3) is 10.8 Å². The van der Waals surface area contributed by atoms with E-state index in [0.717, 1.165) is 10.8 Å². The summed E-state index contributed by atoms with van der Waals surface area (Å²) in [7, 11) is -2.15. The summed E-state index contributed by atoms with van der Waals surface area (Å²) < 4.78 is 6.39. The van der Waals surface area contributed by atoms with E-state index in [9.17, 15) is 0 Å². The number of ether oxygens (including phenoxy) is 1. The number of benzene rings is 1. The lowest BCUT2D eigenvalue weighted by Gasteiger charge is -2.32. The lowest BCUT2D eigenvalue weighted by molar-refractivity contribution is 0.354. The van der Waals surface area contributed by atoms with Crippen molar-refractivity contribution in [2.24, 2.45) is 0 Å². The first-order valence-electron chi connectivity index (χ1n) is 10.8. The SMILES string of the molecule is C=CCOc1c(C(C)(C)C)cc(Cl)cc1[Si](C)(C)C1=C2SC(C)C=C2c2cc(C)sc21. The highest BCUT2D eigenvalue weighted by atomic mass is 35.5. The zero-order valence-electron chi connectivity index (χ0n) is 19.5. The van der Waals surface area contributed by atoms with Crippen LogP contribution in [0.15, 0.2) is 41.8 Å². The number of aryl methyl sites for hydroxylation is 1. The third-order valence-electron chi connectivity index (χ3n) is 6.05. The van der Waals surface area contributed by atoms with Crippen LogP contribution in [0.2, 0.25) is 18.1 Å². The van der Waals surface area contributed by atoms with E-state index in [1.54, 1.807) is 5.20 Å². The van der Waals surface area contributed by atoms with Crippen LogP contribution in [-0.4, -0.2) is 19.9 Å². The van der Waals surface area contributed by atoms with Crippen molar-refractivity contribution in [3.8, 4) is 5.75 Å². The van der Waals surface area contributed by atoms with Gasteiger partial charge in [-0.25, -0.2) is 0 Å². The molecule has 2 aliphatic rings. The topological polar surface area (TPSA) is 9.23 Å². The summed E-state index contributed by atoms with van der Waals surface area (Å²) in [6, 6.07) is 6.62. The molecule has 0 spiro atoms. The number of rotatable bonds is 5. The van der Waals surface area contributed by atoms with E-state index >= 15 is 0 Å². The number of thiophene rings is 1. The molecule has 1 aliphatic heterocycles. The summed E-state index contributed by atoms with van der Waals surface area (Å²) in [4.78, 5) is 4.32. The van der Waals surface area contributed by atoms with Gasteiger partial charge < -0.3 is 4.74 Å². The molecular formula is C26H31ClOS2Si. The Balaban J connectivity index is 1.99. The summed E-state index contributed by atoms with van der Waals surface area (Å²) >= 11 is 10.7. The van der Waals surface area contributed by atoms with Crippen LogP contribution >= 0.6 is 34.7 Å². The molecule has 2 heterocycles. The molecule has 31 heavy (non-hydrogen) atoms. The van der Waals surface area contributed by atoms with Gasteiger partial charge in [0.25, 0.3) is 0 Å². The van der Waals surface area contributed by atoms with E-state index in [0.29, 0.717) is 11.9 Å². The smallest absolute Gasteiger partial charge is 0.123 e. The Labute approximate surface area is 201 Å². The van der Waals surface area contributed by atoms with Gasteiger partial charge in [0.05, 0.1) is 0 Å². The van der Waals surface area contributed by atoms with Gasteiger partial charge in [-0.3, -0.25) is 0 Å². The van der Waals surface area contributed by atoms with E-state index in [-0.39, 0.29) is 5.41 Å². The lowest BCUT2D eigenvalue weighted by Crippen LogP contribution is -2.44. The molecule has 1 aromatic carbocycles. The molecule has 0 N–H and O–H groups in total. The number of halogens is 1. The zero-order valence-corrected chi connectivity index (χ0v) is 22.9. The summed E-state index contributed by atoms with van der Waals surface area (Å²) in [5.74, 6) is 1.00. The van der Waals surface area contributed by atoms with E-state index in [2.05, 4.69) is 78.6 Å². The van der Waals surface area contributed by atoms with Crippen molar-refractivity contribution in [2.75, 3.05) is 6.61 Å². The predicted molar refractivity (Wildman–Crippen MR) is 144 cm³/mol. The van der Waals surface area contributed by atoms with E-state index in [1.807, 2.05) is 29.2 Å². The normalized spacial score (nSPS) is 18.2. The summed E-state index contributed by atoms with van der Waals surface area (Å²) in [5.41, 5.74) is 3.97. The second-order valence-corrected chi connectivity index (χ2v) is 17.4. The fraction of sp³-hybridized carbons (Fsp3) is 0.385. The Morgan fingerprint density at radius 1 is 1.23 bits per heavy atom. The molecule has 164 valence electrons. The molecule has 0 amide bonds. The molecule has 1 unspecified atom stereocenters. The monoisotopic (exact) mass is 486 g/mol. The highest BCUT2D eigenvalue weighted by Gasteiger charge is 2.44. The standard InChI is InChI=1S/C26H31ClOS2Si/c1-9-10-28-22-20(26(4,5)6)13-17(27)14-21(22)31(7,8)25-23-18(11-15(2)29-23)19-12-16(3)30-24(19)25/h9,11-15H,1,10H2,2-8H3. The van der Waals surface area contributed by atoms with Crippen molar-refractivity contribution in [1.82, 2.24) is 0 Å². The molecule has 5 heteroatoms. The number of allylic oxidation sites excluding steroid dienone is 1. The first-order valence-corrected chi connectivity index (χ1v) is 15.9. The molecule has 0 radical (unpaired) electrons. The largest absolute Gasteiger partial charge is 0.489 e. The minimum atomic E-state index is -2.15. The Bertz CT molecular complexity index is 1130. The van der Waals surface area contributed by atoms with Crippen LogP contribution in [0.5, 0.6) is 5.75 Å². The number of hydrogen-bond donors (Lipinski definition) is 0. The fourth-order valence-corrected chi connectivity index (χ4v) is 11.9. The van der Waals surface area contributed by atoms with Gasteiger partial charge in [-0.1, -0.05) is 64.2 Å². The molecule has 1 aromatic heterocycles. The van der Waals surface area contributed by atoms with Crippen molar-refractivity contribution in [3.05, 3.63) is 67.7 Å². The minimum Gasteiger partial charge on any atom is -0.489 e. The molecule has 2 aromatic rings. The fourth-order valence-electron chi connectivity index (χ4n) is 4.62. The average Bonchev–Trinajstić information content (AvgIpc) is 3.28. The van der Waals surface area contributed by atoms with Gasteiger partial charge in [-0.15, -0.1) is 23.1 Å². The molecule has 1 aliphatic carbocycles. The van der Waals surface area contributed by atoms with Crippen LogP contribution in [-0.2, 0) is 5.41 Å². The molecular weight excluding hydrogens is 456 g/mol. The third-order valence-corrected chi connectivity index (χ3v) is 12.3. The zero-order chi connectivity index (χ0) is 22.7. The first-order chi connectivity index (χ1) is 14.4. The van der Waals surface area contributed by atoms with Crippen molar-refractivity contribution >= 4 is 58.7 Å². The quantitative estimate of drug-likeness (QED) is 0.313. The Kier molecular flexibility index (Phi) is 5.92. The molecule has 0 fully saturated rings. The molecule has 1 nitrogen and oxygen atoms in total. The second kappa shape index (κ2) is 7.98. The van der Waals surface area contributed by atoms with Gasteiger partial charge >= 0.3 is 0 Å². The van der Waals surface area contributed by atoms with Crippen LogP contribution in [0.1, 0.15) is 48.6 Å². The van der Waals surface area contributed by atoms with Crippen molar-refractivity contribution in [2.45, 2.75) is 58.4 Å². The number of hydrogen-bond acceptors (Lipinski definition) is 3. The average molecular weight is 487 g/mol. The van der Waals surface area contributed by atoms with E-state index in [1.165, 1.54) is 36.5 Å². The van der Waals surface area contributed by atoms with Gasteiger partial charge in [0.15, 0.2) is 0 Å². The van der Waals surface area contributed by atoms with Crippen LogP contribution in [0.4, 0.5) is 0 Å². The van der Waals surface area contributed by atoms with Crippen molar-refractivity contribution < 1.29 is 4.74 Å². The molecule has 0 saturated heterocycles.